The molecule has 222 valence electrons. The number of nitrogens with one attached hydrogen (secondary N) is 1. The van der Waals surface area contributed by atoms with Crippen LogP contribution >= 0.6 is 11.3 Å². The van der Waals surface area contributed by atoms with Crippen LogP contribution in [0.3, 0.4) is 0 Å². The number of nitrogens with two attached hydrogens (primary N) is 1. The third kappa shape index (κ3) is 7.14. The zero-order valence-electron chi connectivity index (χ0n) is 25.3. The standard InChI is InChI=1S/C29H46N4O5SSi/c1-28(2,3)37-27(35)33-18-10-12-19(13-11-18)36-25-23-22-17(9-14-21(22)39-26(23)32-16-31-25)15-20(24(30)34)38-40(7,8)29(4,5)6/h16-20H,9-15H2,1-8H3,(H2,30,34)(H,33,35)/t17-,18?,19?,20+/m1/s1. The first-order valence-corrected chi connectivity index (χ1v) is 18.2. The van der Waals surface area contributed by atoms with Crippen molar-refractivity contribution >= 4 is 41.9 Å². The lowest BCUT2D eigenvalue weighted by atomic mass is 9.92. The van der Waals surface area contributed by atoms with Crippen LogP contribution in [0, 0.1) is 0 Å². The van der Waals surface area contributed by atoms with Gasteiger partial charge in [0, 0.05) is 10.9 Å². The molecule has 0 radical (unpaired) electrons. The number of carbonyl (C=O) groups is 2. The minimum Gasteiger partial charge on any atom is -0.474 e. The molecule has 3 N–H and O–H groups in total. The Kier molecular flexibility index (Phi) is 8.88. The van der Waals surface area contributed by atoms with Crippen molar-refractivity contribution in [3.05, 3.63) is 16.8 Å². The molecule has 2 atom stereocenters. The Hall–Kier alpha value is -2.24. The first-order chi connectivity index (χ1) is 18.5. The maximum atomic E-state index is 12.5. The van der Waals surface area contributed by atoms with Gasteiger partial charge < -0.3 is 25.0 Å². The number of aryl methyl sites for hydroxylation is 1. The lowest BCUT2D eigenvalue weighted by Crippen LogP contribution is -2.48. The van der Waals surface area contributed by atoms with E-state index in [-0.39, 0.29) is 29.2 Å². The molecule has 2 aromatic rings. The monoisotopic (exact) mass is 590 g/mol. The summed E-state index contributed by atoms with van der Waals surface area (Å²) in [5.74, 6) is 0.342. The highest BCUT2D eigenvalue weighted by Gasteiger charge is 2.42. The number of rotatable bonds is 8. The van der Waals surface area contributed by atoms with Crippen LogP contribution in [-0.4, -0.2) is 54.1 Å². The highest BCUT2D eigenvalue weighted by Crippen LogP contribution is 2.48. The molecule has 0 saturated heterocycles. The number of fused-ring (bicyclic) bond motifs is 3. The van der Waals surface area contributed by atoms with Gasteiger partial charge in [-0.05, 0) is 95.3 Å². The van der Waals surface area contributed by atoms with Gasteiger partial charge in [0.2, 0.25) is 11.8 Å². The van der Waals surface area contributed by atoms with Crippen molar-refractivity contribution in [1.29, 1.82) is 0 Å². The molecule has 40 heavy (non-hydrogen) atoms. The Labute approximate surface area is 243 Å². The van der Waals surface area contributed by atoms with Gasteiger partial charge in [0.25, 0.3) is 0 Å². The van der Waals surface area contributed by atoms with Gasteiger partial charge in [-0.15, -0.1) is 11.3 Å². The van der Waals surface area contributed by atoms with Crippen LogP contribution in [0.4, 0.5) is 4.79 Å². The van der Waals surface area contributed by atoms with E-state index in [0.29, 0.717) is 12.3 Å². The maximum absolute atomic E-state index is 12.5. The number of carbonyl (C=O) groups excluding carboxylic acids is 2. The molecule has 0 aromatic carbocycles. The van der Waals surface area contributed by atoms with Gasteiger partial charge in [-0.25, -0.2) is 14.8 Å². The zero-order chi connectivity index (χ0) is 29.5. The molecule has 11 heteroatoms. The molecule has 4 rings (SSSR count). The second-order valence-electron chi connectivity index (χ2n) is 13.8. The molecule has 9 nitrogen and oxygen atoms in total. The van der Waals surface area contributed by atoms with E-state index in [1.807, 2.05) is 20.8 Å². The Morgan fingerprint density at radius 3 is 2.38 bits per heavy atom. The van der Waals surface area contributed by atoms with Crippen LogP contribution in [0.15, 0.2) is 6.33 Å². The van der Waals surface area contributed by atoms with Crippen molar-refractivity contribution < 1.29 is 23.5 Å². The fourth-order valence-electron chi connectivity index (χ4n) is 5.34. The van der Waals surface area contributed by atoms with Crippen LogP contribution in [-0.2, 0) is 20.4 Å². The SMILES string of the molecule is CC(C)(C)OC(=O)NC1CCC(Oc2ncnc3sc4c(c23)[C@@H](C[C@H](O[Si](C)(C)C(C)(C)C)C(N)=O)CC4)CC1. The van der Waals surface area contributed by atoms with Crippen molar-refractivity contribution in [1.82, 2.24) is 15.3 Å². The van der Waals surface area contributed by atoms with Crippen molar-refractivity contribution in [3.63, 3.8) is 0 Å². The van der Waals surface area contributed by atoms with Gasteiger partial charge in [-0.2, -0.15) is 0 Å². The average Bonchev–Trinajstić information content (AvgIpc) is 3.37. The van der Waals surface area contributed by atoms with E-state index in [9.17, 15) is 9.59 Å². The van der Waals surface area contributed by atoms with Crippen LogP contribution in [0.5, 0.6) is 5.88 Å². The fourth-order valence-corrected chi connectivity index (χ4v) is 7.84. The molecule has 1 saturated carbocycles. The van der Waals surface area contributed by atoms with E-state index in [0.717, 1.165) is 48.7 Å². The first kappa shape index (κ1) is 30.7. The predicted octanol–water partition coefficient (Wildman–Crippen LogP) is 6.20. The van der Waals surface area contributed by atoms with Gasteiger partial charge in [0.1, 0.15) is 29.0 Å². The summed E-state index contributed by atoms with van der Waals surface area (Å²) in [6, 6.07) is 0.0709. The fraction of sp³-hybridized carbons (Fsp3) is 0.724. The largest absolute Gasteiger partial charge is 0.474 e. The van der Waals surface area contributed by atoms with Gasteiger partial charge in [-0.1, -0.05) is 20.8 Å². The number of amides is 2. The molecule has 0 aliphatic heterocycles. The summed E-state index contributed by atoms with van der Waals surface area (Å²) in [7, 11) is -2.18. The number of alkyl carbamates (subject to hydrolysis) is 1. The molecule has 2 amide bonds. The molecule has 0 unspecified atom stereocenters. The number of thiophene rings is 1. The minimum absolute atomic E-state index is 0.00507. The summed E-state index contributed by atoms with van der Waals surface area (Å²) in [6.45, 7) is 16.4. The van der Waals surface area contributed by atoms with Crippen molar-refractivity contribution in [2.75, 3.05) is 0 Å². The number of hydrogen-bond acceptors (Lipinski definition) is 8. The molecule has 2 heterocycles. The number of aromatic nitrogens is 2. The van der Waals surface area contributed by atoms with E-state index >= 15 is 0 Å². The Balaban J connectivity index is 1.47. The molecule has 1 fully saturated rings. The summed E-state index contributed by atoms with van der Waals surface area (Å²) < 4.78 is 18.4. The molecule has 2 aromatic heterocycles. The van der Waals surface area contributed by atoms with E-state index < -0.39 is 25.9 Å². The van der Waals surface area contributed by atoms with Gasteiger partial charge in [0.05, 0.1) is 5.39 Å². The summed E-state index contributed by atoms with van der Waals surface area (Å²) >= 11 is 1.69. The zero-order valence-corrected chi connectivity index (χ0v) is 27.1. The molecule has 0 spiro atoms. The van der Waals surface area contributed by atoms with Crippen LogP contribution in [0.1, 0.15) is 96.4 Å². The van der Waals surface area contributed by atoms with Crippen molar-refractivity contribution in [3.8, 4) is 5.88 Å². The third-order valence-electron chi connectivity index (χ3n) is 8.43. The highest BCUT2D eigenvalue weighted by atomic mass is 32.1. The number of primary amides is 1. The second kappa shape index (κ2) is 11.6. The van der Waals surface area contributed by atoms with Crippen molar-refractivity contribution in [2.24, 2.45) is 5.73 Å². The van der Waals surface area contributed by atoms with Crippen LogP contribution in [0.25, 0.3) is 10.2 Å². The predicted molar refractivity (Wildman–Crippen MR) is 160 cm³/mol. The number of ether oxygens (including phenoxy) is 2. The molecular formula is C29H46N4O5SSi. The minimum atomic E-state index is -2.18. The van der Waals surface area contributed by atoms with Gasteiger partial charge in [-0.3, -0.25) is 4.79 Å². The molecular weight excluding hydrogens is 544 g/mol. The average molecular weight is 591 g/mol. The van der Waals surface area contributed by atoms with Crippen LogP contribution in [0.2, 0.25) is 18.1 Å². The Morgan fingerprint density at radius 1 is 1.10 bits per heavy atom. The summed E-state index contributed by atoms with van der Waals surface area (Å²) in [6.07, 6.45) is 6.25. The number of hydrogen-bond donors (Lipinski definition) is 2. The summed E-state index contributed by atoms with van der Waals surface area (Å²) in [5, 5.41) is 3.94. The normalized spacial score (nSPS) is 22.6. The molecule has 2 aliphatic carbocycles. The van der Waals surface area contributed by atoms with E-state index in [1.54, 1.807) is 17.7 Å². The Morgan fingerprint density at radius 2 is 1.77 bits per heavy atom. The molecule has 2 aliphatic rings. The highest BCUT2D eigenvalue weighted by molar-refractivity contribution is 7.19. The molecule has 0 bridgehead atoms. The van der Waals surface area contributed by atoms with Crippen LogP contribution < -0.4 is 15.8 Å². The smallest absolute Gasteiger partial charge is 0.407 e. The Bertz CT molecular complexity index is 1230. The second-order valence-corrected chi connectivity index (χ2v) is 19.6. The topological polar surface area (TPSA) is 126 Å². The number of nitrogens with zero attached hydrogens (tertiary/aromatic N) is 2. The summed E-state index contributed by atoms with van der Waals surface area (Å²) in [5.41, 5.74) is 6.55. The van der Waals surface area contributed by atoms with Crippen molar-refractivity contribution in [2.45, 2.75) is 134 Å². The third-order valence-corrected chi connectivity index (χ3v) is 14.1. The van der Waals surface area contributed by atoms with E-state index in [4.69, 9.17) is 19.6 Å². The lowest BCUT2D eigenvalue weighted by molar-refractivity contribution is -0.125. The van der Waals surface area contributed by atoms with E-state index in [1.165, 1.54) is 10.4 Å². The maximum Gasteiger partial charge on any atom is 0.407 e. The van der Waals surface area contributed by atoms with Gasteiger partial charge in [0.15, 0.2) is 8.32 Å². The quantitative estimate of drug-likeness (QED) is 0.351. The first-order valence-electron chi connectivity index (χ1n) is 14.4. The van der Waals surface area contributed by atoms with Gasteiger partial charge >= 0.3 is 6.09 Å². The summed E-state index contributed by atoms with van der Waals surface area (Å²) in [4.78, 5) is 36.0. The lowest BCUT2D eigenvalue weighted by Gasteiger charge is -2.39. The van der Waals surface area contributed by atoms with E-state index in [2.05, 4.69) is 49.1 Å².